The Morgan fingerprint density at radius 3 is 2.70 bits per heavy atom. The molecule has 1 aliphatic carbocycles. The van der Waals surface area contributed by atoms with Crippen LogP contribution in [0.1, 0.15) is 39.2 Å². The molecule has 1 saturated carbocycles. The summed E-state index contributed by atoms with van der Waals surface area (Å²) in [6.45, 7) is 10.4. The Morgan fingerprint density at radius 2 is 2.05 bits per heavy atom. The predicted molar refractivity (Wildman–Crippen MR) is 84.2 cm³/mol. The van der Waals surface area contributed by atoms with Gasteiger partial charge in [0.2, 0.25) is 0 Å². The maximum atomic E-state index is 5.99. The summed E-state index contributed by atoms with van der Waals surface area (Å²) in [6, 6.07) is 9.69. The molecule has 0 aliphatic heterocycles. The molecule has 1 aromatic carbocycles. The summed E-state index contributed by atoms with van der Waals surface area (Å²) in [7, 11) is 0. The van der Waals surface area contributed by atoms with E-state index in [4.69, 9.17) is 4.74 Å². The van der Waals surface area contributed by atoms with Crippen LogP contribution in [0.25, 0.3) is 0 Å². The first-order valence-corrected chi connectivity index (χ1v) is 7.88. The Kier molecular flexibility index (Phi) is 5.86. The molecule has 3 nitrogen and oxygen atoms in total. The normalized spacial score (nSPS) is 15.1. The maximum absolute atomic E-state index is 5.99. The number of benzene rings is 1. The van der Waals surface area contributed by atoms with Crippen molar-refractivity contribution in [3.05, 3.63) is 29.8 Å². The van der Waals surface area contributed by atoms with Crippen molar-refractivity contribution in [3.63, 3.8) is 0 Å². The average molecular weight is 276 g/mol. The van der Waals surface area contributed by atoms with Gasteiger partial charge in [0.25, 0.3) is 0 Å². The Morgan fingerprint density at radius 1 is 1.30 bits per heavy atom. The number of likely N-dealkylation sites (N-methyl/N-ethyl adjacent to an activating group) is 1. The van der Waals surface area contributed by atoms with Crippen LogP contribution in [0.3, 0.4) is 0 Å². The number of hydrogen-bond donors (Lipinski definition) is 1. The lowest BCUT2D eigenvalue weighted by Crippen LogP contribution is -2.34. The molecular formula is C17H28N2O. The third kappa shape index (κ3) is 4.80. The van der Waals surface area contributed by atoms with Gasteiger partial charge in [-0.1, -0.05) is 25.1 Å². The summed E-state index contributed by atoms with van der Waals surface area (Å²) in [5, 5.41) is 3.55. The van der Waals surface area contributed by atoms with Gasteiger partial charge in [-0.05, 0) is 39.3 Å². The van der Waals surface area contributed by atoms with Gasteiger partial charge in [0.1, 0.15) is 12.4 Å². The largest absolute Gasteiger partial charge is 0.492 e. The van der Waals surface area contributed by atoms with Crippen LogP contribution in [0, 0.1) is 0 Å². The quantitative estimate of drug-likeness (QED) is 0.750. The van der Waals surface area contributed by atoms with E-state index in [0.717, 1.165) is 38.0 Å². The molecule has 0 heterocycles. The van der Waals surface area contributed by atoms with Crippen LogP contribution in [-0.4, -0.2) is 36.7 Å². The van der Waals surface area contributed by atoms with Crippen LogP contribution in [0.15, 0.2) is 24.3 Å². The molecule has 0 unspecified atom stereocenters. The summed E-state index contributed by atoms with van der Waals surface area (Å²) in [6.07, 6.45) is 2.64. The second-order valence-electron chi connectivity index (χ2n) is 5.83. The van der Waals surface area contributed by atoms with Gasteiger partial charge < -0.3 is 10.1 Å². The zero-order valence-electron chi connectivity index (χ0n) is 13.1. The topological polar surface area (TPSA) is 24.5 Å². The summed E-state index contributed by atoms with van der Waals surface area (Å²) in [5.74, 6) is 1.03. The Bertz CT molecular complexity index is 402. The second-order valence-corrected chi connectivity index (χ2v) is 5.83. The molecule has 0 atom stereocenters. The summed E-state index contributed by atoms with van der Waals surface area (Å²) >= 11 is 0. The highest BCUT2D eigenvalue weighted by Gasteiger charge is 2.20. The monoisotopic (exact) mass is 276 g/mol. The van der Waals surface area contributed by atoms with Crippen LogP contribution in [-0.2, 0) is 6.54 Å². The van der Waals surface area contributed by atoms with Gasteiger partial charge in [-0.25, -0.2) is 0 Å². The minimum atomic E-state index is 0.579. The van der Waals surface area contributed by atoms with E-state index in [1.165, 1.54) is 18.4 Å². The molecule has 1 aliphatic rings. The van der Waals surface area contributed by atoms with Crippen molar-refractivity contribution in [2.45, 2.75) is 52.2 Å². The van der Waals surface area contributed by atoms with Crippen molar-refractivity contribution in [1.29, 1.82) is 0 Å². The van der Waals surface area contributed by atoms with Crippen molar-refractivity contribution in [2.24, 2.45) is 0 Å². The lowest BCUT2D eigenvalue weighted by molar-refractivity contribution is 0.183. The first-order chi connectivity index (χ1) is 9.70. The molecule has 0 bridgehead atoms. The van der Waals surface area contributed by atoms with Gasteiger partial charge in [-0.15, -0.1) is 0 Å². The van der Waals surface area contributed by atoms with E-state index in [1.807, 2.05) is 0 Å². The average Bonchev–Trinajstić information content (AvgIpc) is 3.26. The van der Waals surface area contributed by atoms with E-state index in [-0.39, 0.29) is 0 Å². The second kappa shape index (κ2) is 7.65. The van der Waals surface area contributed by atoms with Crippen molar-refractivity contribution in [2.75, 3.05) is 19.7 Å². The molecule has 1 N–H and O–H groups in total. The van der Waals surface area contributed by atoms with Crippen LogP contribution < -0.4 is 10.1 Å². The zero-order chi connectivity index (χ0) is 14.4. The number of rotatable bonds is 9. The van der Waals surface area contributed by atoms with Crippen molar-refractivity contribution < 1.29 is 4.74 Å². The van der Waals surface area contributed by atoms with Gasteiger partial charge >= 0.3 is 0 Å². The summed E-state index contributed by atoms with van der Waals surface area (Å²) in [4.78, 5) is 2.42. The Balaban J connectivity index is 1.81. The van der Waals surface area contributed by atoms with Crippen molar-refractivity contribution in [3.8, 4) is 5.75 Å². The molecule has 0 amide bonds. The van der Waals surface area contributed by atoms with E-state index in [9.17, 15) is 0 Å². The fourth-order valence-corrected chi connectivity index (χ4v) is 2.39. The number of para-hydroxylation sites is 1. The van der Waals surface area contributed by atoms with Crippen LogP contribution in [0.2, 0.25) is 0 Å². The summed E-state index contributed by atoms with van der Waals surface area (Å²) in [5.41, 5.74) is 1.27. The maximum Gasteiger partial charge on any atom is 0.123 e. The van der Waals surface area contributed by atoms with Crippen LogP contribution >= 0.6 is 0 Å². The lowest BCUT2D eigenvalue weighted by atomic mass is 10.2. The van der Waals surface area contributed by atoms with E-state index in [2.05, 4.69) is 55.3 Å². The smallest absolute Gasteiger partial charge is 0.123 e. The van der Waals surface area contributed by atoms with Gasteiger partial charge in [0.05, 0.1) is 0 Å². The molecule has 3 heteroatoms. The molecule has 2 rings (SSSR count). The van der Waals surface area contributed by atoms with Crippen molar-refractivity contribution in [1.82, 2.24) is 10.2 Å². The first kappa shape index (κ1) is 15.3. The molecular weight excluding hydrogens is 248 g/mol. The van der Waals surface area contributed by atoms with E-state index >= 15 is 0 Å². The van der Waals surface area contributed by atoms with Gasteiger partial charge in [-0.2, -0.15) is 0 Å². The third-order valence-corrected chi connectivity index (χ3v) is 3.90. The van der Waals surface area contributed by atoms with E-state index in [1.54, 1.807) is 0 Å². The molecule has 20 heavy (non-hydrogen) atoms. The van der Waals surface area contributed by atoms with Gasteiger partial charge in [0, 0.05) is 30.7 Å². The molecule has 0 saturated heterocycles. The molecule has 0 spiro atoms. The van der Waals surface area contributed by atoms with Crippen molar-refractivity contribution >= 4 is 0 Å². The lowest BCUT2D eigenvalue weighted by Gasteiger charge is -2.24. The van der Waals surface area contributed by atoms with Gasteiger partial charge in [0.15, 0.2) is 0 Å². The Hall–Kier alpha value is -1.06. The fourth-order valence-electron chi connectivity index (χ4n) is 2.39. The molecule has 0 aromatic heterocycles. The fraction of sp³-hybridized carbons (Fsp3) is 0.647. The number of ether oxygens (including phenoxy) is 1. The molecule has 1 fully saturated rings. The number of hydrogen-bond acceptors (Lipinski definition) is 3. The van der Waals surface area contributed by atoms with Gasteiger partial charge in [-0.3, -0.25) is 4.90 Å². The van der Waals surface area contributed by atoms with Crippen LogP contribution in [0.4, 0.5) is 0 Å². The SMILES string of the molecule is CCN(CCOc1ccccc1CNC1CC1)C(C)C. The zero-order valence-corrected chi connectivity index (χ0v) is 13.1. The highest BCUT2D eigenvalue weighted by atomic mass is 16.5. The summed E-state index contributed by atoms with van der Waals surface area (Å²) < 4.78 is 5.99. The Labute approximate surface area is 123 Å². The highest BCUT2D eigenvalue weighted by molar-refractivity contribution is 5.33. The standard InChI is InChI=1S/C17H28N2O/c1-4-19(14(2)3)11-12-20-17-8-6-5-7-15(17)13-18-16-9-10-16/h5-8,14,16,18H,4,9-13H2,1-3H3. The number of nitrogens with one attached hydrogen (secondary N) is 1. The van der Waals surface area contributed by atoms with E-state index in [0.29, 0.717) is 6.04 Å². The highest BCUT2D eigenvalue weighted by Crippen LogP contribution is 2.22. The minimum Gasteiger partial charge on any atom is -0.492 e. The first-order valence-electron chi connectivity index (χ1n) is 7.88. The molecule has 1 aromatic rings. The van der Waals surface area contributed by atoms with E-state index < -0.39 is 0 Å². The van der Waals surface area contributed by atoms with Crippen LogP contribution in [0.5, 0.6) is 5.75 Å². The molecule has 112 valence electrons. The number of nitrogens with zero attached hydrogens (tertiary/aromatic N) is 1. The minimum absolute atomic E-state index is 0.579. The predicted octanol–water partition coefficient (Wildman–Crippen LogP) is 3.05. The molecule has 0 radical (unpaired) electrons. The third-order valence-electron chi connectivity index (χ3n) is 3.90.